The Hall–Kier alpha value is -1.21. The molecule has 111 heavy (non-hydrogen) atoms. The van der Waals surface area contributed by atoms with Crippen LogP contribution in [0.25, 0.3) is 0 Å². The number of hydrogen-bond acceptors (Lipinski definition) is 31. The van der Waals surface area contributed by atoms with Gasteiger partial charge in [-0.25, -0.2) is 36.5 Å². The van der Waals surface area contributed by atoms with Gasteiger partial charge in [0.2, 0.25) is 35.5 Å². The average molecular weight is 1950 g/mol. The summed E-state index contributed by atoms with van der Waals surface area (Å²) in [7, 11) is -95.1. The van der Waals surface area contributed by atoms with Gasteiger partial charge in [-0.3, -0.25) is 41.1 Å². The third kappa shape index (κ3) is 25.9. The molecule has 654 valence electrons. The van der Waals surface area contributed by atoms with E-state index in [2.05, 4.69) is 0 Å². The predicted octanol–water partition coefficient (Wildman–Crippen LogP) is -15.8. The number of aromatic nitrogens is 8. The molecule has 0 aliphatic rings. The minimum Gasteiger partial charge on any atom is -0.776 e. The molecular weight excluding hydrogens is 1880 g/mol. The van der Waals surface area contributed by atoms with Gasteiger partial charge in [0.15, 0.2) is 53.2 Å². The smallest absolute Gasteiger partial charge is 0.373 e. The fraction of sp³-hybridized carbons (Fsp3) is 0.548. The van der Waals surface area contributed by atoms with E-state index in [0.29, 0.717) is 61.8 Å². The van der Waals surface area contributed by atoms with E-state index < -0.39 is 215 Å². The van der Waals surface area contributed by atoms with Crippen LogP contribution in [0.5, 0.6) is 0 Å². The van der Waals surface area contributed by atoms with Crippen LogP contribution in [0.1, 0.15) is 7.43 Å². The zero-order chi connectivity index (χ0) is 86.8. The highest BCUT2D eigenvalue weighted by Crippen LogP contribution is 2.72. The molecule has 0 amide bonds. The number of aliphatic hydroxyl groups is 8. The van der Waals surface area contributed by atoms with Crippen molar-refractivity contribution in [2.24, 2.45) is 0 Å². The molecular formula is C31H71N8O56P16-3. The van der Waals surface area contributed by atoms with Gasteiger partial charge in [0.25, 0.3) is 15.2 Å². The molecule has 33 N–H and O–H groups in total. The topological polar surface area (TPSA) is 1140 Å². The lowest BCUT2D eigenvalue weighted by Gasteiger charge is -2.40. The van der Waals surface area contributed by atoms with E-state index in [1.54, 1.807) is 0 Å². The molecule has 0 fully saturated rings. The molecule has 0 aromatic carbocycles. The largest absolute Gasteiger partial charge is 0.776 e. The average Bonchev–Trinajstić information content (AvgIpc) is 1.65. The summed E-state index contributed by atoms with van der Waals surface area (Å²) in [5, 5.41) is 46.1. The Labute approximate surface area is 616 Å². The first kappa shape index (κ1) is 114. The summed E-state index contributed by atoms with van der Waals surface area (Å²) in [5.41, 5.74) is 0. The van der Waals surface area contributed by atoms with Crippen molar-refractivity contribution >= 4 is 122 Å². The standard InChI is InChI=1S/4C7H16N2O14P4.CH4.2CH3/c4*10-6(24(12,13)14,25(15,16)17)3-8-1-2-9(5-8)4-7(11,26(18,19)20)27(21,22)23;;;/h4*1-2,5,10-11H,3-4H2,(H7-,12,13,14,15,16,17,18,19,20,21,22,23);1H4;2*1H3/q;;;;;-1;+1/p-3. The van der Waals surface area contributed by atoms with Gasteiger partial charge in [0.05, 0.1) is 0 Å². The Balaban J connectivity index is -0.00000139. The Bertz CT molecular complexity index is 3670. The normalized spacial score (nSPS) is 20.0. The zero-order valence-corrected chi connectivity index (χ0v) is 67.8. The van der Waals surface area contributed by atoms with Crippen molar-refractivity contribution in [3.05, 3.63) is 89.7 Å². The van der Waals surface area contributed by atoms with Gasteiger partial charge in [-0.15, -0.1) is 0 Å². The van der Waals surface area contributed by atoms with Gasteiger partial charge in [-0.05, 0) is 0 Å². The van der Waals surface area contributed by atoms with Crippen LogP contribution in [0, 0.1) is 14.9 Å². The molecule has 4 heterocycles. The maximum Gasteiger partial charge on any atom is 0.373 e. The molecule has 0 radical (unpaired) electrons. The van der Waals surface area contributed by atoms with E-state index in [1.165, 1.54) is 0 Å². The van der Waals surface area contributed by atoms with Crippen molar-refractivity contribution in [2.45, 2.75) is 100 Å². The maximum absolute atomic E-state index is 11.3. The summed E-state index contributed by atoms with van der Waals surface area (Å²) < 4.78 is 183. The second kappa shape index (κ2) is 36.2. The summed E-state index contributed by atoms with van der Waals surface area (Å²) >= 11 is 0. The third-order valence-corrected chi connectivity index (χ3v) is 42.8. The molecule has 0 spiro atoms. The van der Waals surface area contributed by atoms with Crippen LogP contribution in [0.2, 0.25) is 0 Å². The van der Waals surface area contributed by atoms with Gasteiger partial charge >= 0.3 is 83.6 Å². The van der Waals surface area contributed by atoms with Gasteiger partial charge in [0.1, 0.15) is 102 Å². The quantitative estimate of drug-likeness (QED) is 0.0123. The van der Waals surface area contributed by atoms with Crippen LogP contribution in [-0.4, -0.2) is 222 Å². The lowest BCUT2D eigenvalue weighted by atomic mass is 10.6. The molecule has 4 rings (SSSR count). The number of nitrogens with zero attached hydrogens (tertiary/aromatic N) is 8. The maximum atomic E-state index is 11.3. The molecule has 0 aliphatic carbocycles. The molecule has 4 aromatic heterocycles. The summed E-state index contributed by atoms with van der Waals surface area (Å²) in [5.74, 6) is 0. The first-order valence-corrected chi connectivity index (χ1v) is 50.9. The summed E-state index contributed by atoms with van der Waals surface area (Å²) in [6.07, 6.45) is 8.41. The van der Waals surface area contributed by atoms with Crippen molar-refractivity contribution in [3.63, 3.8) is 0 Å². The molecule has 0 saturated heterocycles. The van der Waals surface area contributed by atoms with Crippen LogP contribution < -0.4 is 52.5 Å². The molecule has 0 saturated carbocycles. The van der Waals surface area contributed by atoms with Crippen molar-refractivity contribution in [1.29, 1.82) is 0 Å². The molecule has 10 unspecified atom stereocenters. The highest BCUT2D eigenvalue weighted by Gasteiger charge is 2.65. The van der Waals surface area contributed by atoms with E-state index in [1.807, 2.05) is 0 Å². The fourth-order valence-electron chi connectivity index (χ4n) is 7.24. The van der Waals surface area contributed by atoms with Crippen LogP contribution in [-0.2, 0) is 125 Å². The minimum absolute atomic E-state index is 0. The second-order valence-corrected chi connectivity index (χ2v) is 53.5. The monoisotopic (exact) mass is 1950 g/mol. The third-order valence-electron chi connectivity index (χ3n) is 13.5. The molecule has 10 atom stereocenters. The number of rotatable bonds is 32. The lowest BCUT2D eigenvalue weighted by molar-refractivity contribution is -0.703. The Morgan fingerprint density at radius 1 is 0.234 bits per heavy atom. The highest BCUT2D eigenvalue weighted by atomic mass is 31.3. The zero-order valence-electron chi connectivity index (χ0n) is 53.5. The van der Waals surface area contributed by atoms with Crippen LogP contribution in [0.15, 0.2) is 74.9 Å². The van der Waals surface area contributed by atoms with Crippen molar-refractivity contribution < 1.29 is 289 Å². The molecule has 4 aromatic rings. The first-order chi connectivity index (χ1) is 46.6. The second-order valence-electron chi connectivity index (χ2n) is 21.8. The van der Waals surface area contributed by atoms with Gasteiger partial charge in [-0.2, -0.15) is 0 Å². The Morgan fingerprint density at radius 3 is 0.495 bits per heavy atom. The fourth-order valence-corrected chi connectivity index (χ4v) is 23.3. The van der Waals surface area contributed by atoms with E-state index in [4.69, 9.17) is 122 Å². The van der Waals surface area contributed by atoms with Gasteiger partial charge < -0.3 is 237 Å². The van der Waals surface area contributed by atoms with Gasteiger partial charge in [0, 0.05) is 7.43 Å². The van der Waals surface area contributed by atoms with E-state index in [0.717, 1.165) is 49.6 Å². The van der Waals surface area contributed by atoms with Crippen LogP contribution in [0.4, 0.5) is 0 Å². The van der Waals surface area contributed by atoms with E-state index >= 15 is 0 Å². The SMILES string of the molecule is C.O=P(O)(O)C(O)(Cn1cc[n+](CC(O)(P(=O)(O)O)P(=O)(O)O)c1)P(=O)(O)O.O=P([O-])(O)C(O)(Cn1cc[n+](CC(O)(P(=O)(O)O)P(=O)(O)O)c1)P(=O)(O)O.O=P([O-])(O)C(O)(Cn1cc[n+](CC(O)(P(=O)([O-])O)P(=O)(O)O)c1)P(=O)([O-])O.O=P([O-])(O)C(O)(Cn1cc[n+](CC(O)(P(=O)([O-])O)P(=O)(O)O)c1)P(=O)([O-])O.[CH3+].[CH3-]. The predicted molar refractivity (Wildman–Crippen MR) is 335 cm³/mol. The number of hydrogen-bond donors (Lipinski definition) is 33. The summed E-state index contributed by atoms with van der Waals surface area (Å²) in [6.45, 7) is -11.8. The molecule has 80 heteroatoms. The van der Waals surface area contributed by atoms with Crippen molar-refractivity contribution in [1.82, 2.24) is 18.3 Å². The van der Waals surface area contributed by atoms with Crippen LogP contribution in [0.3, 0.4) is 0 Å². The lowest BCUT2D eigenvalue weighted by Crippen LogP contribution is -2.48. The van der Waals surface area contributed by atoms with E-state index in [9.17, 15) is 148 Å². The van der Waals surface area contributed by atoms with Gasteiger partial charge in [-0.1, -0.05) is 7.43 Å². The highest BCUT2D eigenvalue weighted by molar-refractivity contribution is 7.75. The Kier molecular flexibility index (Phi) is 37.2. The summed E-state index contributed by atoms with van der Waals surface area (Å²) in [4.78, 5) is 303. The van der Waals surface area contributed by atoms with Crippen molar-refractivity contribution in [3.8, 4) is 0 Å². The first-order valence-electron chi connectivity index (χ1n) is 25.4. The van der Waals surface area contributed by atoms with Crippen molar-refractivity contribution in [2.75, 3.05) is 0 Å². The van der Waals surface area contributed by atoms with Crippen LogP contribution >= 0.6 is 122 Å². The van der Waals surface area contributed by atoms with E-state index in [-0.39, 0.29) is 22.3 Å². The Morgan fingerprint density at radius 2 is 0.360 bits per heavy atom. The molecule has 0 bridgehead atoms. The molecule has 0 aliphatic heterocycles. The summed E-state index contributed by atoms with van der Waals surface area (Å²) in [6, 6.07) is 0. The molecule has 64 nitrogen and oxygen atoms in total. The number of imidazole rings is 4. The minimum atomic E-state index is -6.12.